The Bertz CT molecular complexity index is 780. The first-order valence-electron chi connectivity index (χ1n) is 6.84. The van der Waals surface area contributed by atoms with Gasteiger partial charge in [-0.15, -0.1) is 0 Å². The SMILES string of the molecule is CNCc1ccc2c(ccn2Cc2cccc(F)c2Cl)c1. The van der Waals surface area contributed by atoms with Crippen LogP contribution in [0.15, 0.2) is 48.7 Å². The van der Waals surface area contributed by atoms with Crippen molar-refractivity contribution in [3.8, 4) is 0 Å². The maximum absolute atomic E-state index is 13.5. The number of rotatable bonds is 4. The minimum absolute atomic E-state index is 0.200. The van der Waals surface area contributed by atoms with Gasteiger partial charge in [-0.1, -0.05) is 29.8 Å². The molecule has 0 unspecified atom stereocenters. The molecule has 108 valence electrons. The Kier molecular flexibility index (Phi) is 3.95. The fourth-order valence-corrected chi connectivity index (χ4v) is 2.74. The summed E-state index contributed by atoms with van der Waals surface area (Å²) in [5.74, 6) is -0.373. The predicted molar refractivity (Wildman–Crippen MR) is 85.2 cm³/mol. The first kappa shape index (κ1) is 14.1. The van der Waals surface area contributed by atoms with E-state index in [1.807, 2.05) is 19.3 Å². The van der Waals surface area contributed by atoms with Gasteiger partial charge >= 0.3 is 0 Å². The van der Waals surface area contributed by atoms with E-state index >= 15 is 0 Å². The van der Waals surface area contributed by atoms with Crippen molar-refractivity contribution in [1.82, 2.24) is 9.88 Å². The zero-order valence-corrected chi connectivity index (χ0v) is 12.5. The quantitative estimate of drug-likeness (QED) is 0.764. The molecular formula is C17H16ClFN2. The second-order valence-electron chi connectivity index (χ2n) is 5.08. The van der Waals surface area contributed by atoms with Crippen LogP contribution in [-0.4, -0.2) is 11.6 Å². The molecule has 1 heterocycles. The largest absolute Gasteiger partial charge is 0.343 e. The average Bonchev–Trinajstić information content (AvgIpc) is 2.87. The van der Waals surface area contributed by atoms with Crippen molar-refractivity contribution in [2.45, 2.75) is 13.1 Å². The molecule has 0 amide bonds. The number of aromatic nitrogens is 1. The standard InChI is InChI=1S/C17H16ClFN2/c1-20-10-12-5-6-16-13(9-12)7-8-21(16)11-14-3-2-4-15(19)17(14)18/h2-9,20H,10-11H2,1H3. The van der Waals surface area contributed by atoms with Gasteiger partial charge in [0.25, 0.3) is 0 Å². The van der Waals surface area contributed by atoms with E-state index < -0.39 is 0 Å². The lowest BCUT2D eigenvalue weighted by atomic mass is 10.1. The summed E-state index contributed by atoms with van der Waals surface area (Å²) < 4.78 is 15.6. The van der Waals surface area contributed by atoms with Crippen LogP contribution in [0.2, 0.25) is 5.02 Å². The van der Waals surface area contributed by atoms with E-state index in [4.69, 9.17) is 11.6 Å². The molecule has 2 aromatic carbocycles. The molecule has 3 aromatic rings. The molecule has 0 saturated heterocycles. The van der Waals surface area contributed by atoms with Crippen molar-refractivity contribution in [2.75, 3.05) is 7.05 Å². The summed E-state index contributed by atoms with van der Waals surface area (Å²) in [5.41, 5.74) is 3.15. The summed E-state index contributed by atoms with van der Waals surface area (Å²) in [6.07, 6.45) is 2.01. The minimum Gasteiger partial charge on any atom is -0.343 e. The first-order valence-corrected chi connectivity index (χ1v) is 7.22. The van der Waals surface area contributed by atoms with Crippen LogP contribution in [-0.2, 0) is 13.1 Å². The molecule has 2 nitrogen and oxygen atoms in total. The van der Waals surface area contributed by atoms with Crippen LogP contribution < -0.4 is 5.32 Å². The minimum atomic E-state index is -0.373. The van der Waals surface area contributed by atoms with Gasteiger partial charge in [-0.25, -0.2) is 4.39 Å². The van der Waals surface area contributed by atoms with Gasteiger partial charge in [0.05, 0.1) is 5.02 Å². The summed E-state index contributed by atoms with van der Waals surface area (Å²) in [7, 11) is 1.93. The molecule has 21 heavy (non-hydrogen) atoms. The highest BCUT2D eigenvalue weighted by atomic mass is 35.5. The maximum Gasteiger partial charge on any atom is 0.142 e. The van der Waals surface area contributed by atoms with Gasteiger partial charge in [-0.05, 0) is 47.8 Å². The van der Waals surface area contributed by atoms with Crippen LogP contribution in [0.5, 0.6) is 0 Å². The van der Waals surface area contributed by atoms with E-state index in [0.29, 0.717) is 6.54 Å². The predicted octanol–water partition coefficient (Wildman–Crippen LogP) is 4.20. The molecule has 1 aromatic heterocycles. The lowest BCUT2D eigenvalue weighted by Crippen LogP contribution is -2.04. The number of nitrogens with one attached hydrogen (secondary N) is 1. The summed E-state index contributed by atoms with van der Waals surface area (Å²) in [6.45, 7) is 1.41. The lowest BCUT2D eigenvalue weighted by molar-refractivity contribution is 0.624. The van der Waals surface area contributed by atoms with Crippen LogP contribution in [0.25, 0.3) is 10.9 Å². The van der Waals surface area contributed by atoms with Gasteiger partial charge in [-0.2, -0.15) is 0 Å². The van der Waals surface area contributed by atoms with Gasteiger partial charge < -0.3 is 9.88 Å². The second-order valence-corrected chi connectivity index (χ2v) is 5.46. The molecule has 0 atom stereocenters. The van der Waals surface area contributed by atoms with E-state index in [-0.39, 0.29) is 10.8 Å². The fourth-order valence-electron chi connectivity index (χ4n) is 2.56. The summed E-state index contributed by atoms with van der Waals surface area (Å²) in [4.78, 5) is 0. The number of benzene rings is 2. The van der Waals surface area contributed by atoms with Crippen LogP contribution >= 0.6 is 11.6 Å². The molecule has 1 N–H and O–H groups in total. The Morgan fingerprint density at radius 3 is 2.86 bits per heavy atom. The average molecular weight is 303 g/mol. The molecule has 0 fully saturated rings. The number of hydrogen-bond donors (Lipinski definition) is 1. The van der Waals surface area contributed by atoms with Crippen LogP contribution in [0.3, 0.4) is 0 Å². The van der Waals surface area contributed by atoms with E-state index in [2.05, 4.69) is 34.1 Å². The Hall–Kier alpha value is -1.84. The summed E-state index contributed by atoms with van der Waals surface area (Å²) in [5, 5.41) is 4.52. The third-order valence-corrected chi connectivity index (χ3v) is 4.01. The lowest BCUT2D eigenvalue weighted by Gasteiger charge is -2.09. The van der Waals surface area contributed by atoms with E-state index in [1.54, 1.807) is 6.07 Å². The van der Waals surface area contributed by atoms with Crippen LogP contribution in [0.1, 0.15) is 11.1 Å². The number of nitrogens with zero attached hydrogens (tertiary/aromatic N) is 1. The van der Waals surface area contributed by atoms with Crippen LogP contribution in [0, 0.1) is 5.82 Å². The molecule has 0 aliphatic heterocycles. The fraction of sp³-hybridized carbons (Fsp3) is 0.176. The smallest absolute Gasteiger partial charge is 0.142 e. The Morgan fingerprint density at radius 2 is 2.05 bits per heavy atom. The van der Waals surface area contributed by atoms with Gasteiger partial charge in [-0.3, -0.25) is 0 Å². The van der Waals surface area contributed by atoms with Gasteiger partial charge in [0.2, 0.25) is 0 Å². The Morgan fingerprint density at radius 1 is 1.19 bits per heavy atom. The maximum atomic E-state index is 13.5. The third kappa shape index (κ3) is 2.80. The van der Waals surface area contributed by atoms with E-state index in [9.17, 15) is 4.39 Å². The molecule has 0 saturated carbocycles. The molecule has 4 heteroatoms. The number of fused-ring (bicyclic) bond motifs is 1. The Balaban J connectivity index is 1.96. The van der Waals surface area contributed by atoms with Crippen molar-refractivity contribution in [2.24, 2.45) is 0 Å². The highest BCUT2D eigenvalue weighted by Crippen LogP contribution is 2.24. The third-order valence-electron chi connectivity index (χ3n) is 3.59. The van der Waals surface area contributed by atoms with Crippen molar-refractivity contribution in [3.63, 3.8) is 0 Å². The topological polar surface area (TPSA) is 17.0 Å². The normalized spacial score (nSPS) is 11.2. The van der Waals surface area contributed by atoms with Crippen molar-refractivity contribution in [3.05, 3.63) is 70.6 Å². The molecular weight excluding hydrogens is 287 g/mol. The number of hydrogen-bond acceptors (Lipinski definition) is 1. The highest BCUT2D eigenvalue weighted by Gasteiger charge is 2.08. The van der Waals surface area contributed by atoms with Crippen molar-refractivity contribution in [1.29, 1.82) is 0 Å². The molecule has 0 aliphatic carbocycles. The van der Waals surface area contributed by atoms with Crippen molar-refractivity contribution < 1.29 is 4.39 Å². The van der Waals surface area contributed by atoms with E-state index in [0.717, 1.165) is 17.6 Å². The van der Waals surface area contributed by atoms with Crippen LogP contribution in [0.4, 0.5) is 4.39 Å². The first-order chi connectivity index (χ1) is 10.2. The summed E-state index contributed by atoms with van der Waals surface area (Å²) >= 11 is 6.03. The Labute approximate surface area is 128 Å². The molecule has 0 spiro atoms. The molecule has 3 rings (SSSR count). The second kappa shape index (κ2) is 5.88. The van der Waals surface area contributed by atoms with Gasteiger partial charge in [0.1, 0.15) is 5.82 Å². The zero-order chi connectivity index (χ0) is 14.8. The van der Waals surface area contributed by atoms with E-state index in [1.165, 1.54) is 17.0 Å². The number of halogens is 2. The van der Waals surface area contributed by atoms with Gasteiger partial charge in [0, 0.05) is 24.8 Å². The molecule has 0 aliphatic rings. The molecule has 0 radical (unpaired) electrons. The van der Waals surface area contributed by atoms with Crippen molar-refractivity contribution >= 4 is 22.5 Å². The highest BCUT2D eigenvalue weighted by molar-refractivity contribution is 6.31. The monoisotopic (exact) mass is 302 g/mol. The van der Waals surface area contributed by atoms with Gasteiger partial charge in [0.15, 0.2) is 0 Å². The molecule has 0 bridgehead atoms. The summed E-state index contributed by atoms with van der Waals surface area (Å²) in [6, 6.07) is 13.3. The zero-order valence-electron chi connectivity index (χ0n) is 11.7.